The molecule has 2 aromatic carbocycles. The molecule has 0 aliphatic heterocycles. The van der Waals surface area contributed by atoms with Gasteiger partial charge in [-0.3, -0.25) is 4.79 Å². The average molecular weight is 323 g/mol. The molecule has 0 aliphatic rings. The van der Waals surface area contributed by atoms with Crippen LogP contribution in [0.2, 0.25) is 0 Å². The number of para-hydroxylation sites is 2. The van der Waals surface area contributed by atoms with E-state index in [0.717, 1.165) is 0 Å². The van der Waals surface area contributed by atoms with E-state index in [9.17, 15) is 9.18 Å². The third-order valence-electron chi connectivity index (χ3n) is 2.76. The number of amides is 1. The van der Waals surface area contributed by atoms with E-state index in [1.54, 1.807) is 31.3 Å². The molecule has 2 aromatic rings. The molecular formula is C14H12BrFN2O. The fourth-order valence-corrected chi connectivity index (χ4v) is 2.16. The smallest absolute Gasteiger partial charge is 0.259 e. The lowest BCUT2D eigenvalue weighted by molar-refractivity contribution is 0.0992. The van der Waals surface area contributed by atoms with E-state index in [1.165, 1.54) is 23.1 Å². The maximum Gasteiger partial charge on any atom is 0.259 e. The van der Waals surface area contributed by atoms with Crippen LogP contribution in [0.25, 0.3) is 0 Å². The second kappa shape index (κ2) is 5.40. The predicted molar refractivity (Wildman–Crippen MR) is 77.7 cm³/mol. The Morgan fingerprint density at radius 3 is 2.63 bits per heavy atom. The minimum atomic E-state index is -0.457. The molecule has 0 spiro atoms. The zero-order valence-corrected chi connectivity index (χ0v) is 11.8. The quantitative estimate of drug-likeness (QED) is 0.861. The van der Waals surface area contributed by atoms with Crippen molar-refractivity contribution in [3.63, 3.8) is 0 Å². The first-order chi connectivity index (χ1) is 9.00. The molecular weight excluding hydrogens is 311 g/mol. The molecule has 19 heavy (non-hydrogen) atoms. The minimum absolute atomic E-state index is 0.255. The Hall–Kier alpha value is -1.88. The van der Waals surface area contributed by atoms with Crippen molar-refractivity contribution in [3.8, 4) is 0 Å². The van der Waals surface area contributed by atoms with Crippen molar-refractivity contribution < 1.29 is 9.18 Å². The molecule has 0 fully saturated rings. The zero-order chi connectivity index (χ0) is 14.0. The average Bonchev–Trinajstić information content (AvgIpc) is 2.40. The Bertz CT molecular complexity index is 631. The van der Waals surface area contributed by atoms with Crippen LogP contribution in [0, 0.1) is 5.82 Å². The number of halogens is 2. The van der Waals surface area contributed by atoms with Gasteiger partial charge in [0.25, 0.3) is 5.91 Å². The van der Waals surface area contributed by atoms with Gasteiger partial charge in [0.2, 0.25) is 0 Å². The second-order valence-corrected chi connectivity index (χ2v) is 4.90. The maximum atomic E-state index is 13.2. The van der Waals surface area contributed by atoms with E-state index in [4.69, 9.17) is 5.73 Å². The van der Waals surface area contributed by atoms with Gasteiger partial charge in [-0.1, -0.05) is 12.1 Å². The van der Waals surface area contributed by atoms with Crippen LogP contribution in [0.1, 0.15) is 10.4 Å². The summed E-state index contributed by atoms with van der Waals surface area (Å²) < 4.78 is 13.8. The number of hydrogen-bond donors (Lipinski definition) is 1. The molecule has 0 bridgehead atoms. The lowest BCUT2D eigenvalue weighted by Gasteiger charge is -2.19. The van der Waals surface area contributed by atoms with Crippen molar-refractivity contribution in [2.45, 2.75) is 0 Å². The van der Waals surface area contributed by atoms with E-state index in [0.29, 0.717) is 15.8 Å². The van der Waals surface area contributed by atoms with E-state index in [2.05, 4.69) is 15.9 Å². The molecule has 5 heteroatoms. The normalized spacial score (nSPS) is 10.3. The molecule has 0 saturated heterocycles. The summed E-state index contributed by atoms with van der Waals surface area (Å²) in [4.78, 5) is 13.7. The maximum absolute atomic E-state index is 13.2. The van der Waals surface area contributed by atoms with Gasteiger partial charge in [-0.2, -0.15) is 0 Å². The number of nitrogen functional groups attached to an aromatic ring is 1. The van der Waals surface area contributed by atoms with E-state index in [-0.39, 0.29) is 11.5 Å². The first-order valence-electron chi connectivity index (χ1n) is 5.58. The fourth-order valence-electron chi connectivity index (χ4n) is 1.74. The van der Waals surface area contributed by atoms with Gasteiger partial charge in [-0.15, -0.1) is 0 Å². The molecule has 3 nitrogen and oxygen atoms in total. The van der Waals surface area contributed by atoms with Gasteiger partial charge in [-0.25, -0.2) is 4.39 Å². The van der Waals surface area contributed by atoms with Crippen molar-refractivity contribution in [1.29, 1.82) is 0 Å². The third kappa shape index (κ3) is 2.76. The fraction of sp³-hybridized carbons (Fsp3) is 0.0714. The van der Waals surface area contributed by atoms with Crippen LogP contribution in [-0.2, 0) is 0 Å². The van der Waals surface area contributed by atoms with Crippen LogP contribution in [0.5, 0.6) is 0 Å². The summed E-state index contributed by atoms with van der Waals surface area (Å²) >= 11 is 3.25. The Morgan fingerprint density at radius 1 is 1.26 bits per heavy atom. The lowest BCUT2D eigenvalue weighted by atomic mass is 10.1. The van der Waals surface area contributed by atoms with Crippen LogP contribution in [0.4, 0.5) is 15.8 Å². The summed E-state index contributed by atoms with van der Waals surface area (Å²) in [5, 5.41) is 0. The standard InChI is InChI=1S/C14H12BrFN2O/c1-18(13-5-3-2-4-12(13)17)14(19)10-8-9(16)6-7-11(10)15/h2-8H,17H2,1H3. The van der Waals surface area contributed by atoms with Crippen molar-refractivity contribution in [3.05, 3.63) is 58.3 Å². The molecule has 0 saturated carbocycles. The SMILES string of the molecule is CN(C(=O)c1cc(F)ccc1Br)c1ccccc1N. The van der Waals surface area contributed by atoms with Crippen LogP contribution in [0.3, 0.4) is 0 Å². The first-order valence-corrected chi connectivity index (χ1v) is 6.37. The molecule has 0 atom stereocenters. The van der Waals surface area contributed by atoms with Crippen LogP contribution in [-0.4, -0.2) is 13.0 Å². The summed E-state index contributed by atoms with van der Waals surface area (Å²) in [6, 6.07) is 11.0. The van der Waals surface area contributed by atoms with Gasteiger partial charge in [0.1, 0.15) is 5.82 Å². The molecule has 98 valence electrons. The number of hydrogen-bond acceptors (Lipinski definition) is 2. The van der Waals surface area contributed by atoms with Crippen molar-refractivity contribution in [1.82, 2.24) is 0 Å². The van der Waals surface area contributed by atoms with Crippen molar-refractivity contribution in [2.24, 2.45) is 0 Å². The van der Waals surface area contributed by atoms with Crippen molar-refractivity contribution >= 4 is 33.2 Å². The number of carbonyl (C=O) groups is 1. The largest absolute Gasteiger partial charge is 0.397 e. The van der Waals surface area contributed by atoms with Gasteiger partial charge in [-0.05, 0) is 46.3 Å². The Labute approximate surface area is 119 Å². The number of carbonyl (C=O) groups excluding carboxylic acids is 1. The number of anilines is 2. The van der Waals surface area contributed by atoms with E-state index >= 15 is 0 Å². The number of nitrogens with zero attached hydrogens (tertiary/aromatic N) is 1. The summed E-state index contributed by atoms with van der Waals surface area (Å²) in [5.41, 5.74) is 7.16. The van der Waals surface area contributed by atoms with Gasteiger partial charge < -0.3 is 10.6 Å². The highest BCUT2D eigenvalue weighted by atomic mass is 79.9. The van der Waals surface area contributed by atoms with E-state index in [1.807, 2.05) is 0 Å². The van der Waals surface area contributed by atoms with Gasteiger partial charge >= 0.3 is 0 Å². The summed E-state index contributed by atoms with van der Waals surface area (Å²) in [5.74, 6) is -0.787. The van der Waals surface area contributed by atoms with Gasteiger partial charge in [0.05, 0.1) is 16.9 Å². The number of nitrogens with two attached hydrogens (primary N) is 1. The molecule has 0 unspecified atom stereocenters. The number of rotatable bonds is 2. The minimum Gasteiger partial charge on any atom is -0.397 e. The zero-order valence-electron chi connectivity index (χ0n) is 10.2. The third-order valence-corrected chi connectivity index (χ3v) is 3.45. The molecule has 0 heterocycles. The highest BCUT2D eigenvalue weighted by molar-refractivity contribution is 9.10. The van der Waals surface area contributed by atoms with Gasteiger partial charge in [0.15, 0.2) is 0 Å². The molecule has 0 aliphatic carbocycles. The van der Waals surface area contributed by atoms with Crippen LogP contribution < -0.4 is 10.6 Å². The highest BCUT2D eigenvalue weighted by Crippen LogP contribution is 2.25. The molecule has 2 N–H and O–H groups in total. The van der Waals surface area contributed by atoms with E-state index < -0.39 is 5.82 Å². The van der Waals surface area contributed by atoms with Gasteiger partial charge in [0, 0.05) is 11.5 Å². The number of benzene rings is 2. The topological polar surface area (TPSA) is 46.3 Å². The Kier molecular flexibility index (Phi) is 3.85. The monoisotopic (exact) mass is 322 g/mol. The lowest BCUT2D eigenvalue weighted by Crippen LogP contribution is -2.27. The molecule has 0 radical (unpaired) electrons. The Morgan fingerprint density at radius 2 is 1.95 bits per heavy atom. The first kappa shape index (κ1) is 13.5. The second-order valence-electron chi connectivity index (χ2n) is 4.05. The Balaban J connectivity index is 2.39. The summed E-state index contributed by atoms with van der Waals surface area (Å²) in [6.45, 7) is 0. The summed E-state index contributed by atoms with van der Waals surface area (Å²) in [7, 11) is 1.60. The van der Waals surface area contributed by atoms with Crippen LogP contribution in [0.15, 0.2) is 46.9 Å². The highest BCUT2D eigenvalue weighted by Gasteiger charge is 2.18. The van der Waals surface area contributed by atoms with Crippen LogP contribution >= 0.6 is 15.9 Å². The molecule has 2 rings (SSSR count). The molecule has 1 amide bonds. The predicted octanol–water partition coefficient (Wildman–Crippen LogP) is 3.45. The van der Waals surface area contributed by atoms with Crippen molar-refractivity contribution in [2.75, 3.05) is 17.7 Å². The summed E-state index contributed by atoms with van der Waals surface area (Å²) in [6.07, 6.45) is 0. The molecule has 0 aromatic heterocycles.